The number of Topliss-reactive ketones (excluding diaryl/α,β-unsaturated/α-hetero) is 2. The van der Waals surface area contributed by atoms with E-state index in [0.717, 1.165) is 22.8 Å². The van der Waals surface area contributed by atoms with Gasteiger partial charge in [-0.3, -0.25) is 9.59 Å². The van der Waals surface area contributed by atoms with Crippen LogP contribution in [0, 0.1) is 0 Å². The van der Waals surface area contributed by atoms with Gasteiger partial charge in [-0.05, 0) is 42.7 Å². The molecule has 0 aliphatic carbocycles. The second-order valence-electron chi connectivity index (χ2n) is 4.97. The molecule has 0 radical (unpaired) electrons. The largest absolute Gasteiger partial charge is 0.299 e. The highest BCUT2D eigenvalue weighted by Gasteiger charge is 2.27. The topological polar surface area (TPSA) is 34.1 Å². The molecule has 3 heteroatoms. The summed E-state index contributed by atoms with van der Waals surface area (Å²) in [6.45, 7) is 3.23. The van der Waals surface area contributed by atoms with Crippen LogP contribution in [0.3, 0.4) is 0 Å². The average Bonchev–Trinajstić information content (AvgIpc) is 2.82. The number of hydrogen-bond acceptors (Lipinski definition) is 3. The summed E-state index contributed by atoms with van der Waals surface area (Å²) in [5.74, 6) is 0.311. The minimum absolute atomic E-state index is 0.0492. The quantitative estimate of drug-likeness (QED) is 0.781. The molecule has 1 heterocycles. The predicted octanol–water partition coefficient (Wildman–Crippen LogP) is 3.65. The van der Waals surface area contributed by atoms with Crippen molar-refractivity contribution in [2.75, 3.05) is 0 Å². The number of hydrogen-bond donors (Lipinski definition) is 0. The number of thioether (sulfide) groups is 1. The summed E-state index contributed by atoms with van der Waals surface area (Å²) in [6, 6.07) is 9.92. The van der Waals surface area contributed by atoms with E-state index < -0.39 is 0 Å². The van der Waals surface area contributed by atoms with Gasteiger partial charge in [0.1, 0.15) is 5.78 Å². The van der Waals surface area contributed by atoms with E-state index in [9.17, 15) is 9.59 Å². The van der Waals surface area contributed by atoms with Crippen molar-refractivity contribution >= 4 is 34.1 Å². The first kappa shape index (κ1) is 12.4. The summed E-state index contributed by atoms with van der Waals surface area (Å²) < 4.78 is 0. The molecular formula is C16H14O2S. The molecule has 0 bridgehead atoms. The van der Waals surface area contributed by atoms with Crippen molar-refractivity contribution in [3.63, 3.8) is 0 Å². The molecule has 3 rings (SSSR count). The van der Waals surface area contributed by atoms with Crippen LogP contribution in [0.5, 0.6) is 0 Å². The van der Waals surface area contributed by atoms with E-state index in [1.165, 1.54) is 10.5 Å². The third-order valence-electron chi connectivity index (χ3n) is 3.58. The second kappa shape index (κ2) is 4.49. The van der Waals surface area contributed by atoms with Gasteiger partial charge < -0.3 is 0 Å². The van der Waals surface area contributed by atoms with Crippen LogP contribution in [0.1, 0.15) is 29.8 Å². The number of carbonyl (C=O) groups is 2. The molecule has 0 spiro atoms. The maximum Gasteiger partial charge on any atom is 0.159 e. The van der Waals surface area contributed by atoms with E-state index in [1.54, 1.807) is 25.6 Å². The summed E-state index contributed by atoms with van der Waals surface area (Å²) in [5.41, 5.74) is 1.98. The molecule has 2 aromatic carbocycles. The molecule has 0 saturated carbocycles. The Morgan fingerprint density at radius 2 is 1.95 bits per heavy atom. The van der Waals surface area contributed by atoms with E-state index in [1.807, 2.05) is 24.3 Å². The van der Waals surface area contributed by atoms with Crippen LogP contribution < -0.4 is 0 Å². The molecule has 0 saturated heterocycles. The Kier molecular flexibility index (Phi) is 2.94. The second-order valence-corrected chi connectivity index (χ2v) is 6.18. The molecule has 19 heavy (non-hydrogen) atoms. The lowest BCUT2D eigenvalue weighted by atomic mass is 10.0. The summed E-state index contributed by atoms with van der Waals surface area (Å²) in [6.07, 6.45) is 0.819. The number of fused-ring (bicyclic) bond motifs is 3. The van der Waals surface area contributed by atoms with Crippen LogP contribution in [-0.4, -0.2) is 16.8 Å². The molecule has 0 amide bonds. The Labute approximate surface area is 116 Å². The highest BCUT2D eigenvalue weighted by atomic mass is 32.2. The highest BCUT2D eigenvalue weighted by Crippen LogP contribution is 2.42. The summed E-state index contributed by atoms with van der Waals surface area (Å²) in [7, 11) is 0. The van der Waals surface area contributed by atoms with Crippen LogP contribution in [0.25, 0.3) is 10.8 Å². The number of benzene rings is 2. The first-order valence-corrected chi connectivity index (χ1v) is 7.18. The van der Waals surface area contributed by atoms with Gasteiger partial charge in [-0.2, -0.15) is 0 Å². The minimum atomic E-state index is 0.0492. The fraction of sp³-hybridized carbons (Fsp3) is 0.250. The van der Waals surface area contributed by atoms with Gasteiger partial charge in [0, 0.05) is 10.5 Å². The van der Waals surface area contributed by atoms with Crippen molar-refractivity contribution in [3.8, 4) is 0 Å². The Hall–Kier alpha value is -1.61. The van der Waals surface area contributed by atoms with E-state index in [-0.39, 0.29) is 16.8 Å². The van der Waals surface area contributed by atoms with Crippen molar-refractivity contribution in [1.82, 2.24) is 0 Å². The molecule has 0 fully saturated rings. The van der Waals surface area contributed by atoms with Crippen molar-refractivity contribution in [1.29, 1.82) is 0 Å². The molecule has 1 aliphatic rings. The third-order valence-corrected chi connectivity index (χ3v) is 5.08. The normalized spacial score (nSPS) is 17.5. The van der Waals surface area contributed by atoms with Crippen molar-refractivity contribution in [2.45, 2.75) is 30.4 Å². The lowest BCUT2D eigenvalue weighted by Crippen LogP contribution is -2.11. The van der Waals surface area contributed by atoms with Gasteiger partial charge in [-0.25, -0.2) is 0 Å². The Bertz CT molecular complexity index is 703. The maximum absolute atomic E-state index is 11.5. The molecule has 0 aromatic heterocycles. The van der Waals surface area contributed by atoms with Crippen molar-refractivity contribution < 1.29 is 9.59 Å². The fourth-order valence-corrected chi connectivity index (χ4v) is 3.80. The van der Waals surface area contributed by atoms with Gasteiger partial charge in [0.2, 0.25) is 0 Å². The zero-order valence-electron chi connectivity index (χ0n) is 10.9. The Morgan fingerprint density at radius 3 is 2.63 bits per heavy atom. The molecular weight excluding hydrogens is 256 g/mol. The molecule has 1 aliphatic heterocycles. The van der Waals surface area contributed by atoms with Gasteiger partial charge in [0.25, 0.3) is 0 Å². The Balaban J connectivity index is 2.13. The van der Waals surface area contributed by atoms with Crippen LogP contribution >= 0.6 is 11.8 Å². The van der Waals surface area contributed by atoms with Crippen LogP contribution in [0.2, 0.25) is 0 Å². The zero-order valence-corrected chi connectivity index (χ0v) is 11.7. The van der Waals surface area contributed by atoms with Crippen molar-refractivity contribution in [3.05, 3.63) is 41.5 Å². The number of ketones is 2. The van der Waals surface area contributed by atoms with Gasteiger partial charge in [-0.1, -0.05) is 24.3 Å². The lowest BCUT2D eigenvalue weighted by molar-refractivity contribution is -0.116. The zero-order chi connectivity index (χ0) is 13.6. The van der Waals surface area contributed by atoms with Crippen LogP contribution in [-0.2, 0) is 11.2 Å². The lowest BCUT2D eigenvalue weighted by Gasteiger charge is -2.06. The third kappa shape index (κ3) is 2.08. The van der Waals surface area contributed by atoms with E-state index in [0.29, 0.717) is 0 Å². The number of rotatable bonds is 2. The van der Waals surface area contributed by atoms with Crippen LogP contribution in [0.4, 0.5) is 0 Å². The molecule has 2 nitrogen and oxygen atoms in total. The first-order chi connectivity index (χ1) is 9.06. The predicted molar refractivity (Wildman–Crippen MR) is 78.0 cm³/mol. The first-order valence-electron chi connectivity index (χ1n) is 6.30. The summed E-state index contributed by atoms with van der Waals surface area (Å²) in [4.78, 5) is 24.1. The number of carbonyl (C=O) groups excluding carboxylic acids is 2. The van der Waals surface area contributed by atoms with Gasteiger partial charge in [0.05, 0.1) is 5.25 Å². The average molecular weight is 270 g/mol. The molecule has 96 valence electrons. The molecule has 1 atom stereocenters. The monoisotopic (exact) mass is 270 g/mol. The van der Waals surface area contributed by atoms with Gasteiger partial charge in [-0.15, -0.1) is 11.8 Å². The SMILES string of the molecule is CC(=O)c1ccc2c3c(ccc2c1)CC(C(C)=O)S3. The van der Waals surface area contributed by atoms with Crippen LogP contribution in [0.15, 0.2) is 35.2 Å². The summed E-state index contributed by atoms with van der Waals surface area (Å²) in [5, 5.41) is 2.27. The molecule has 0 N–H and O–H groups in total. The van der Waals surface area contributed by atoms with E-state index in [4.69, 9.17) is 0 Å². The van der Waals surface area contributed by atoms with Gasteiger partial charge in [0.15, 0.2) is 5.78 Å². The highest BCUT2D eigenvalue weighted by molar-refractivity contribution is 8.01. The fourth-order valence-electron chi connectivity index (χ4n) is 2.48. The molecule has 2 aromatic rings. The Morgan fingerprint density at radius 1 is 1.16 bits per heavy atom. The maximum atomic E-state index is 11.5. The van der Waals surface area contributed by atoms with Crippen molar-refractivity contribution in [2.24, 2.45) is 0 Å². The summed E-state index contributed by atoms with van der Waals surface area (Å²) >= 11 is 1.65. The smallest absolute Gasteiger partial charge is 0.159 e. The van der Waals surface area contributed by atoms with Gasteiger partial charge >= 0.3 is 0 Å². The molecule has 1 unspecified atom stereocenters. The minimum Gasteiger partial charge on any atom is -0.299 e. The standard InChI is InChI=1S/C16H14O2S/c1-9(17)11-5-6-14-12(7-11)3-4-13-8-15(10(2)18)19-16(13)14/h3-7,15H,8H2,1-2H3. The van der Waals surface area contributed by atoms with E-state index in [2.05, 4.69) is 6.07 Å². The van der Waals surface area contributed by atoms with E-state index >= 15 is 0 Å².